The van der Waals surface area contributed by atoms with Gasteiger partial charge in [-0.05, 0) is 51.0 Å². The maximum atomic E-state index is 11.4. The summed E-state index contributed by atoms with van der Waals surface area (Å²) in [5, 5.41) is 10.5. The summed E-state index contributed by atoms with van der Waals surface area (Å²) >= 11 is 1.69. The van der Waals surface area contributed by atoms with Crippen molar-refractivity contribution in [2.45, 2.75) is 40.2 Å². The lowest BCUT2D eigenvalue weighted by molar-refractivity contribution is -0.116. The standard InChI is InChI=1S/C20H27N5O2S/c1-4-21-20(23-12-18-13(2)24-14(3)28-18)22-9-10-27-16-6-7-17-15(11-16)5-8-19(26)25-17/h6-7,11H,4-5,8-10,12H2,1-3H3,(H,25,26)(H2,21,22,23). The summed E-state index contributed by atoms with van der Waals surface area (Å²) < 4.78 is 5.85. The Bertz CT molecular complexity index is 862. The highest BCUT2D eigenvalue weighted by atomic mass is 32.1. The number of carbonyl (C=O) groups is 1. The van der Waals surface area contributed by atoms with Crippen molar-refractivity contribution in [3.8, 4) is 5.75 Å². The number of amides is 1. The topological polar surface area (TPSA) is 87.6 Å². The molecule has 150 valence electrons. The van der Waals surface area contributed by atoms with Crippen LogP contribution in [0, 0.1) is 13.8 Å². The van der Waals surface area contributed by atoms with E-state index in [0.717, 1.165) is 46.6 Å². The summed E-state index contributed by atoms with van der Waals surface area (Å²) in [6.45, 7) is 8.65. The minimum absolute atomic E-state index is 0.0734. The molecular weight excluding hydrogens is 374 g/mol. The van der Waals surface area contributed by atoms with Crippen LogP contribution in [0.1, 0.15) is 34.5 Å². The molecule has 1 aromatic carbocycles. The Morgan fingerprint density at radius 3 is 2.93 bits per heavy atom. The van der Waals surface area contributed by atoms with Crippen LogP contribution in [0.15, 0.2) is 23.2 Å². The van der Waals surface area contributed by atoms with E-state index in [1.807, 2.05) is 39.0 Å². The Labute approximate surface area is 169 Å². The highest BCUT2D eigenvalue weighted by Gasteiger charge is 2.15. The summed E-state index contributed by atoms with van der Waals surface area (Å²) in [5.74, 6) is 1.66. The van der Waals surface area contributed by atoms with Gasteiger partial charge in [-0.1, -0.05) is 0 Å². The zero-order valence-corrected chi connectivity index (χ0v) is 17.4. The minimum atomic E-state index is 0.0734. The lowest BCUT2D eigenvalue weighted by Crippen LogP contribution is -2.39. The third-order valence-electron chi connectivity index (χ3n) is 4.36. The van der Waals surface area contributed by atoms with Gasteiger partial charge < -0.3 is 20.7 Å². The molecule has 1 aliphatic rings. The Hall–Kier alpha value is -2.61. The fraction of sp³-hybridized carbons (Fsp3) is 0.450. The highest BCUT2D eigenvalue weighted by Crippen LogP contribution is 2.26. The molecule has 0 spiro atoms. The number of hydrogen-bond donors (Lipinski definition) is 3. The van der Waals surface area contributed by atoms with Gasteiger partial charge >= 0.3 is 0 Å². The van der Waals surface area contributed by atoms with Crippen LogP contribution in [0.2, 0.25) is 0 Å². The fourth-order valence-corrected chi connectivity index (χ4v) is 3.86. The van der Waals surface area contributed by atoms with E-state index in [1.165, 1.54) is 4.88 Å². The van der Waals surface area contributed by atoms with Crippen molar-refractivity contribution in [1.29, 1.82) is 0 Å². The number of thiazole rings is 1. The molecule has 0 bridgehead atoms. The van der Waals surface area contributed by atoms with Gasteiger partial charge in [-0.15, -0.1) is 11.3 Å². The second-order valence-corrected chi connectivity index (χ2v) is 7.87. The number of nitrogens with zero attached hydrogens (tertiary/aromatic N) is 2. The summed E-state index contributed by atoms with van der Waals surface area (Å²) in [6, 6.07) is 5.79. The van der Waals surface area contributed by atoms with Crippen molar-refractivity contribution < 1.29 is 9.53 Å². The van der Waals surface area contributed by atoms with Crippen molar-refractivity contribution in [1.82, 2.24) is 15.6 Å². The quantitative estimate of drug-likeness (QED) is 0.377. The van der Waals surface area contributed by atoms with Crippen LogP contribution >= 0.6 is 11.3 Å². The molecule has 3 rings (SSSR count). The Morgan fingerprint density at radius 1 is 1.32 bits per heavy atom. The SMILES string of the molecule is CCNC(=NCc1sc(C)nc1C)NCCOc1ccc2c(c1)CCC(=O)N2. The van der Waals surface area contributed by atoms with Gasteiger partial charge in [-0.2, -0.15) is 0 Å². The van der Waals surface area contributed by atoms with Crippen LogP contribution in [-0.2, 0) is 17.8 Å². The van der Waals surface area contributed by atoms with Crippen LogP contribution in [-0.4, -0.2) is 36.5 Å². The number of benzene rings is 1. The van der Waals surface area contributed by atoms with E-state index in [0.29, 0.717) is 26.1 Å². The lowest BCUT2D eigenvalue weighted by Gasteiger charge is -2.18. The molecule has 3 N–H and O–H groups in total. The van der Waals surface area contributed by atoms with E-state index in [-0.39, 0.29) is 5.91 Å². The van der Waals surface area contributed by atoms with E-state index in [1.54, 1.807) is 11.3 Å². The molecule has 0 fully saturated rings. The number of aromatic nitrogens is 1. The number of nitrogens with one attached hydrogen (secondary N) is 3. The Balaban J connectivity index is 1.49. The van der Waals surface area contributed by atoms with Gasteiger partial charge in [0.1, 0.15) is 12.4 Å². The van der Waals surface area contributed by atoms with E-state index in [2.05, 4.69) is 25.9 Å². The number of anilines is 1. The summed E-state index contributed by atoms with van der Waals surface area (Å²) in [7, 11) is 0. The van der Waals surface area contributed by atoms with E-state index in [9.17, 15) is 4.79 Å². The molecule has 0 unspecified atom stereocenters. The first-order valence-electron chi connectivity index (χ1n) is 9.56. The highest BCUT2D eigenvalue weighted by molar-refractivity contribution is 7.11. The number of ether oxygens (including phenoxy) is 1. The van der Waals surface area contributed by atoms with Gasteiger partial charge in [0.15, 0.2) is 5.96 Å². The summed E-state index contributed by atoms with van der Waals surface area (Å²) in [4.78, 5) is 21.7. The first kappa shape index (κ1) is 20.1. The molecule has 0 saturated heterocycles. The second kappa shape index (κ2) is 9.54. The zero-order chi connectivity index (χ0) is 19.9. The molecule has 0 atom stereocenters. The van der Waals surface area contributed by atoms with Crippen molar-refractivity contribution in [3.05, 3.63) is 39.3 Å². The second-order valence-electron chi connectivity index (χ2n) is 6.58. The van der Waals surface area contributed by atoms with Crippen LogP contribution in [0.3, 0.4) is 0 Å². The molecule has 8 heteroatoms. The van der Waals surface area contributed by atoms with Gasteiger partial charge in [0.05, 0.1) is 23.8 Å². The molecule has 28 heavy (non-hydrogen) atoms. The van der Waals surface area contributed by atoms with Gasteiger partial charge in [-0.25, -0.2) is 9.98 Å². The minimum Gasteiger partial charge on any atom is -0.492 e. The third-order valence-corrected chi connectivity index (χ3v) is 5.42. The van der Waals surface area contributed by atoms with Crippen molar-refractivity contribution in [3.63, 3.8) is 0 Å². The van der Waals surface area contributed by atoms with Gasteiger partial charge in [0.2, 0.25) is 5.91 Å². The number of carbonyl (C=O) groups excluding carboxylic acids is 1. The molecule has 1 aliphatic heterocycles. The first-order valence-corrected chi connectivity index (χ1v) is 10.4. The van der Waals surface area contributed by atoms with E-state index >= 15 is 0 Å². The van der Waals surface area contributed by atoms with Crippen LogP contribution < -0.4 is 20.7 Å². The maximum absolute atomic E-state index is 11.4. The maximum Gasteiger partial charge on any atom is 0.224 e. The fourth-order valence-electron chi connectivity index (χ4n) is 3.00. The average molecular weight is 402 g/mol. The monoisotopic (exact) mass is 401 g/mol. The Kier molecular flexibility index (Phi) is 6.86. The molecule has 0 radical (unpaired) electrons. The molecule has 0 saturated carbocycles. The molecule has 7 nitrogen and oxygen atoms in total. The van der Waals surface area contributed by atoms with Gasteiger partial charge in [0.25, 0.3) is 0 Å². The van der Waals surface area contributed by atoms with Gasteiger partial charge in [0, 0.05) is 23.5 Å². The molecule has 2 heterocycles. The number of aliphatic imine (C=N–C) groups is 1. The lowest BCUT2D eigenvalue weighted by atomic mass is 10.0. The number of aryl methyl sites for hydroxylation is 3. The van der Waals surface area contributed by atoms with Crippen LogP contribution in [0.25, 0.3) is 0 Å². The first-order chi connectivity index (χ1) is 13.5. The number of fused-ring (bicyclic) bond motifs is 1. The van der Waals surface area contributed by atoms with Gasteiger partial charge in [-0.3, -0.25) is 4.79 Å². The normalized spacial score (nSPS) is 13.7. The Morgan fingerprint density at radius 2 is 2.18 bits per heavy atom. The molecule has 1 aromatic heterocycles. The van der Waals surface area contributed by atoms with Crippen LogP contribution in [0.5, 0.6) is 5.75 Å². The van der Waals surface area contributed by atoms with E-state index in [4.69, 9.17) is 4.74 Å². The molecule has 0 aliphatic carbocycles. The molecule has 2 aromatic rings. The molecule has 1 amide bonds. The van der Waals surface area contributed by atoms with Crippen LogP contribution in [0.4, 0.5) is 5.69 Å². The zero-order valence-electron chi connectivity index (χ0n) is 16.6. The van der Waals surface area contributed by atoms with Crippen molar-refractivity contribution >= 4 is 28.9 Å². The summed E-state index contributed by atoms with van der Waals surface area (Å²) in [6.07, 6.45) is 1.28. The predicted molar refractivity (Wildman–Crippen MR) is 113 cm³/mol. The largest absolute Gasteiger partial charge is 0.492 e. The number of hydrogen-bond acceptors (Lipinski definition) is 5. The average Bonchev–Trinajstić information content (AvgIpc) is 3.00. The number of guanidine groups is 1. The summed E-state index contributed by atoms with van der Waals surface area (Å²) in [5.41, 5.74) is 3.06. The van der Waals surface area contributed by atoms with E-state index < -0.39 is 0 Å². The third kappa shape index (κ3) is 5.45. The van der Waals surface area contributed by atoms with Crippen molar-refractivity contribution in [2.75, 3.05) is 25.0 Å². The van der Waals surface area contributed by atoms with Crippen molar-refractivity contribution in [2.24, 2.45) is 4.99 Å². The predicted octanol–water partition coefficient (Wildman–Crippen LogP) is 2.78. The smallest absolute Gasteiger partial charge is 0.224 e. The molecular formula is C20H27N5O2S. The number of rotatable bonds is 7.